The lowest BCUT2D eigenvalue weighted by atomic mass is 10.3. The zero-order chi connectivity index (χ0) is 13.6. The predicted octanol–water partition coefficient (Wildman–Crippen LogP) is 1.04. The number of carbonyl (C=O) groups is 1. The van der Waals surface area contributed by atoms with Crippen LogP contribution in [-0.4, -0.2) is 42.2 Å². The van der Waals surface area contributed by atoms with E-state index in [1.165, 1.54) is 6.07 Å². The monoisotopic (exact) mass is 268 g/mol. The number of ether oxygens (including phenoxy) is 1. The molecule has 0 saturated carbocycles. The van der Waals surface area contributed by atoms with Crippen molar-refractivity contribution < 1.29 is 32.3 Å². The molecule has 0 aliphatic rings. The maximum atomic E-state index is 11.7. The third-order valence-corrected chi connectivity index (χ3v) is 1.77. The number of nitrogens with one attached hydrogen (secondary N) is 1. The highest BCUT2D eigenvalue weighted by molar-refractivity contribution is 5.85. The molecular weight excluding hydrogens is 257 g/mol. The molecule has 9 heteroatoms. The molecule has 18 heavy (non-hydrogen) atoms. The number of hydrogen-bond acceptors (Lipinski definition) is 5. The van der Waals surface area contributed by atoms with Crippen LogP contribution in [0.15, 0.2) is 10.6 Å². The summed E-state index contributed by atoms with van der Waals surface area (Å²) >= 11 is 0. The standard InChI is InChI=1S/C9H11F3N2O4/c10-9(11,12)5-17-2-1-13-4-6-3-7(8(15)16)14-18-6/h3,13H,1-2,4-5H2,(H,15,16). The normalized spacial score (nSPS) is 11.7. The smallest absolute Gasteiger partial charge is 0.411 e. The third kappa shape index (κ3) is 5.64. The Morgan fingerprint density at radius 3 is 2.83 bits per heavy atom. The summed E-state index contributed by atoms with van der Waals surface area (Å²) in [5, 5.41) is 14.5. The molecule has 0 aromatic carbocycles. The van der Waals surface area contributed by atoms with E-state index in [2.05, 4.69) is 19.7 Å². The van der Waals surface area contributed by atoms with E-state index in [1.54, 1.807) is 0 Å². The molecule has 1 aromatic rings. The SMILES string of the molecule is O=C(O)c1cc(CNCCOCC(F)(F)F)on1. The molecule has 2 N–H and O–H groups in total. The minimum atomic E-state index is -4.33. The van der Waals surface area contributed by atoms with Crippen molar-refractivity contribution in [1.29, 1.82) is 0 Å². The van der Waals surface area contributed by atoms with Crippen LogP contribution in [0.1, 0.15) is 16.2 Å². The van der Waals surface area contributed by atoms with Gasteiger partial charge in [-0.1, -0.05) is 5.16 Å². The minimum absolute atomic E-state index is 0.112. The second-order valence-corrected chi connectivity index (χ2v) is 3.33. The molecule has 1 rings (SSSR count). The van der Waals surface area contributed by atoms with E-state index in [9.17, 15) is 18.0 Å². The minimum Gasteiger partial charge on any atom is -0.476 e. The summed E-state index contributed by atoms with van der Waals surface area (Å²) in [6.07, 6.45) is -4.33. The molecule has 0 atom stereocenters. The molecule has 0 aliphatic carbocycles. The van der Waals surface area contributed by atoms with E-state index >= 15 is 0 Å². The zero-order valence-corrected chi connectivity index (χ0v) is 9.16. The summed E-state index contributed by atoms with van der Waals surface area (Å²) in [5.41, 5.74) is -0.222. The number of aromatic nitrogens is 1. The second kappa shape index (κ2) is 6.36. The number of carboxylic acids is 1. The van der Waals surface area contributed by atoms with Crippen LogP contribution in [0.3, 0.4) is 0 Å². The molecule has 0 radical (unpaired) electrons. The summed E-state index contributed by atoms with van der Waals surface area (Å²) in [6, 6.07) is 1.23. The van der Waals surface area contributed by atoms with Crippen molar-refractivity contribution in [2.24, 2.45) is 0 Å². The molecule has 0 amide bonds. The lowest BCUT2D eigenvalue weighted by Crippen LogP contribution is -2.23. The van der Waals surface area contributed by atoms with Crippen molar-refractivity contribution in [1.82, 2.24) is 10.5 Å². The third-order valence-electron chi connectivity index (χ3n) is 1.77. The summed E-state index contributed by atoms with van der Waals surface area (Å²) in [4.78, 5) is 10.5. The van der Waals surface area contributed by atoms with Crippen molar-refractivity contribution in [3.63, 3.8) is 0 Å². The van der Waals surface area contributed by atoms with Gasteiger partial charge in [0, 0.05) is 12.6 Å². The van der Waals surface area contributed by atoms with Crippen LogP contribution in [0.5, 0.6) is 0 Å². The largest absolute Gasteiger partial charge is 0.476 e. The van der Waals surface area contributed by atoms with Gasteiger partial charge in [0.2, 0.25) is 0 Å². The Morgan fingerprint density at radius 1 is 1.56 bits per heavy atom. The Morgan fingerprint density at radius 2 is 2.28 bits per heavy atom. The predicted molar refractivity (Wildman–Crippen MR) is 52.0 cm³/mol. The van der Waals surface area contributed by atoms with Gasteiger partial charge in [-0.2, -0.15) is 13.2 Å². The number of nitrogens with zero attached hydrogens (tertiary/aromatic N) is 1. The lowest BCUT2D eigenvalue weighted by Gasteiger charge is -2.07. The maximum absolute atomic E-state index is 11.7. The number of alkyl halides is 3. The Bertz CT molecular complexity index is 391. The first-order valence-electron chi connectivity index (χ1n) is 4.92. The highest BCUT2D eigenvalue weighted by atomic mass is 19.4. The van der Waals surface area contributed by atoms with Crippen LogP contribution < -0.4 is 5.32 Å². The van der Waals surface area contributed by atoms with Crippen molar-refractivity contribution in [2.45, 2.75) is 12.7 Å². The van der Waals surface area contributed by atoms with Crippen LogP contribution >= 0.6 is 0 Å². The first-order chi connectivity index (χ1) is 8.38. The fourth-order valence-electron chi connectivity index (χ4n) is 1.04. The molecular formula is C9H11F3N2O4. The number of aromatic carboxylic acids is 1. The van der Waals surface area contributed by atoms with Crippen molar-refractivity contribution >= 4 is 5.97 Å². The first-order valence-corrected chi connectivity index (χ1v) is 4.92. The van der Waals surface area contributed by atoms with Gasteiger partial charge in [-0.15, -0.1) is 0 Å². The highest BCUT2D eigenvalue weighted by Crippen LogP contribution is 2.13. The average molecular weight is 268 g/mol. The van der Waals surface area contributed by atoms with Crippen LogP contribution in [0.25, 0.3) is 0 Å². The number of hydrogen-bond donors (Lipinski definition) is 2. The Balaban J connectivity index is 2.12. The molecule has 0 saturated heterocycles. The molecule has 1 aromatic heterocycles. The Hall–Kier alpha value is -1.61. The Labute approximate surface area is 99.7 Å². The van der Waals surface area contributed by atoms with Gasteiger partial charge < -0.3 is 19.7 Å². The van der Waals surface area contributed by atoms with E-state index in [-0.39, 0.29) is 31.2 Å². The molecule has 0 fully saturated rings. The lowest BCUT2D eigenvalue weighted by molar-refractivity contribution is -0.173. The van der Waals surface area contributed by atoms with Crippen molar-refractivity contribution in [3.8, 4) is 0 Å². The van der Waals surface area contributed by atoms with E-state index in [1.807, 2.05) is 0 Å². The average Bonchev–Trinajstić information content (AvgIpc) is 2.70. The highest BCUT2D eigenvalue weighted by Gasteiger charge is 2.27. The molecule has 0 unspecified atom stereocenters. The first kappa shape index (κ1) is 14.5. The summed E-state index contributed by atoms with van der Waals surface area (Å²) in [6.45, 7) is -1.06. The van der Waals surface area contributed by atoms with Gasteiger partial charge in [0.25, 0.3) is 0 Å². The molecule has 0 aliphatic heterocycles. The van der Waals surface area contributed by atoms with Gasteiger partial charge in [-0.3, -0.25) is 0 Å². The van der Waals surface area contributed by atoms with Gasteiger partial charge >= 0.3 is 12.1 Å². The van der Waals surface area contributed by atoms with Gasteiger partial charge in [-0.05, 0) is 0 Å². The van der Waals surface area contributed by atoms with E-state index in [0.29, 0.717) is 0 Å². The number of halogens is 3. The van der Waals surface area contributed by atoms with Crippen LogP contribution in [-0.2, 0) is 11.3 Å². The fraction of sp³-hybridized carbons (Fsp3) is 0.556. The number of carboxylic acid groups (broad SMARTS) is 1. The Kier molecular flexibility index (Phi) is 5.10. The van der Waals surface area contributed by atoms with Crippen LogP contribution in [0.2, 0.25) is 0 Å². The molecule has 6 nitrogen and oxygen atoms in total. The van der Waals surface area contributed by atoms with Gasteiger partial charge in [-0.25, -0.2) is 4.79 Å². The molecule has 1 heterocycles. The quantitative estimate of drug-likeness (QED) is 0.719. The fourth-order valence-corrected chi connectivity index (χ4v) is 1.04. The molecule has 0 spiro atoms. The van der Waals surface area contributed by atoms with Crippen molar-refractivity contribution in [2.75, 3.05) is 19.8 Å². The van der Waals surface area contributed by atoms with Crippen LogP contribution in [0, 0.1) is 0 Å². The zero-order valence-electron chi connectivity index (χ0n) is 9.16. The van der Waals surface area contributed by atoms with E-state index in [0.717, 1.165) is 0 Å². The summed E-state index contributed by atoms with van der Waals surface area (Å²) in [5.74, 6) is -0.929. The van der Waals surface area contributed by atoms with Gasteiger partial charge in [0.05, 0.1) is 13.2 Å². The van der Waals surface area contributed by atoms with E-state index in [4.69, 9.17) is 5.11 Å². The van der Waals surface area contributed by atoms with Crippen molar-refractivity contribution in [3.05, 3.63) is 17.5 Å². The summed E-state index contributed by atoms with van der Waals surface area (Å²) in [7, 11) is 0. The van der Waals surface area contributed by atoms with Crippen LogP contribution in [0.4, 0.5) is 13.2 Å². The second-order valence-electron chi connectivity index (χ2n) is 3.33. The van der Waals surface area contributed by atoms with Gasteiger partial charge in [0.15, 0.2) is 11.5 Å². The molecule has 0 bridgehead atoms. The summed E-state index contributed by atoms with van der Waals surface area (Å²) < 4.78 is 44.1. The van der Waals surface area contributed by atoms with Gasteiger partial charge in [0.1, 0.15) is 6.61 Å². The topological polar surface area (TPSA) is 84.6 Å². The molecule has 102 valence electrons. The maximum Gasteiger partial charge on any atom is 0.411 e. The number of rotatable bonds is 7. The van der Waals surface area contributed by atoms with E-state index < -0.39 is 18.8 Å².